The van der Waals surface area contributed by atoms with Crippen LogP contribution >= 0.6 is 0 Å². The lowest BCUT2D eigenvalue weighted by molar-refractivity contribution is 0.00255. The normalized spacial score (nSPS) is 16.7. The average Bonchev–Trinajstić information content (AvgIpc) is 3.21. The molecule has 0 fully saturated rings. The van der Waals surface area contributed by atoms with Crippen LogP contribution in [0.25, 0.3) is 0 Å². The average molecular weight is 391 g/mol. The number of hydrogen-bond acceptors (Lipinski definition) is 4. The van der Waals surface area contributed by atoms with Crippen LogP contribution in [0.2, 0.25) is 0 Å². The number of nitrogens with one attached hydrogen (secondary N) is 1. The molecule has 0 unspecified atom stereocenters. The fourth-order valence-corrected chi connectivity index (χ4v) is 3.57. The quantitative estimate of drug-likeness (QED) is 0.696. The van der Waals surface area contributed by atoms with E-state index >= 15 is 0 Å². The van der Waals surface area contributed by atoms with Crippen LogP contribution in [0.5, 0.6) is 5.75 Å². The van der Waals surface area contributed by atoms with Gasteiger partial charge in [-0.15, -0.1) is 0 Å². The first kappa shape index (κ1) is 19.2. The lowest BCUT2D eigenvalue weighted by atomic mass is 10.0. The predicted octanol–water partition coefficient (Wildman–Crippen LogP) is 3.70. The molecule has 0 radical (unpaired) electrons. The van der Waals surface area contributed by atoms with E-state index in [1.165, 1.54) is 5.56 Å². The molecule has 0 saturated heterocycles. The maximum Gasteiger partial charge on any atom is 0.271 e. The van der Waals surface area contributed by atoms with E-state index in [0.717, 1.165) is 17.0 Å². The Morgan fingerprint density at radius 2 is 2.00 bits per heavy atom. The Hall–Kier alpha value is -3.12. The molecule has 4 rings (SSSR count). The van der Waals surface area contributed by atoms with Gasteiger partial charge in [0.15, 0.2) is 5.69 Å². The summed E-state index contributed by atoms with van der Waals surface area (Å²) in [5.41, 5.74) is 3.54. The fraction of sp³-hybridized carbons (Fsp3) is 0.304. The molecule has 1 aliphatic heterocycles. The first-order valence-corrected chi connectivity index (χ1v) is 9.78. The standard InChI is InChI=1S/C23H25N3O3/c1-16(17-6-4-3-5-7-17)12-24-23(27)22-20-14-29-21(13-26(20)15-25-22)18-8-10-19(28-2)11-9-18/h3-11,15-16,21H,12-14H2,1-2H3,(H,24,27)/t16-,21-/m0/s1. The van der Waals surface area contributed by atoms with Gasteiger partial charge in [-0.2, -0.15) is 0 Å². The smallest absolute Gasteiger partial charge is 0.271 e. The van der Waals surface area contributed by atoms with Gasteiger partial charge in [-0.05, 0) is 29.2 Å². The number of benzene rings is 2. The second-order valence-corrected chi connectivity index (χ2v) is 7.29. The molecule has 0 aliphatic carbocycles. The highest BCUT2D eigenvalue weighted by Crippen LogP contribution is 2.29. The topological polar surface area (TPSA) is 65.4 Å². The minimum absolute atomic E-state index is 0.0726. The van der Waals surface area contributed by atoms with Crippen LogP contribution in [-0.2, 0) is 17.9 Å². The maximum absolute atomic E-state index is 12.7. The molecule has 2 aromatic carbocycles. The molecule has 3 aromatic rings. The van der Waals surface area contributed by atoms with E-state index in [9.17, 15) is 4.79 Å². The van der Waals surface area contributed by atoms with Crippen LogP contribution in [0.15, 0.2) is 60.9 Å². The molecule has 6 nitrogen and oxygen atoms in total. The van der Waals surface area contributed by atoms with Crippen LogP contribution in [0.3, 0.4) is 0 Å². The van der Waals surface area contributed by atoms with Crippen LogP contribution in [0.1, 0.15) is 46.3 Å². The van der Waals surface area contributed by atoms with E-state index in [2.05, 4.69) is 29.4 Å². The van der Waals surface area contributed by atoms with Crippen molar-refractivity contribution in [2.24, 2.45) is 0 Å². The summed E-state index contributed by atoms with van der Waals surface area (Å²) >= 11 is 0. The van der Waals surface area contributed by atoms with Crippen molar-refractivity contribution in [1.29, 1.82) is 0 Å². The monoisotopic (exact) mass is 391 g/mol. The third-order valence-electron chi connectivity index (χ3n) is 5.37. The van der Waals surface area contributed by atoms with Gasteiger partial charge in [0.05, 0.1) is 32.3 Å². The second-order valence-electron chi connectivity index (χ2n) is 7.29. The molecule has 1 aliphatic rings. The molecule has 1 N–H and O–H groups in total. The SMILES string of the molecule is COc1ccc([C@@H]2Cn3cnc(C(=O)NC[C@H](C)c4ccccc4)c3CO2)cc1. The highest BCUT2D eigenvalue weighted by Gasteiger charge is 2.26. The summed E-state index contributed by atoms with van der Waals surface area (Å²) in [6, 6.07) is 18.0. The molecule has 1 amide bonds. The van der Waals surface area contributed by atoms with Crippen LogP contribution < -0.4 is 10.1 Å². The summed E-state index contributed by atoms with van der Waals surface area (Å²) in [4.78, 5) is 17.0. The summed E-state index contributed by atoms with van der Waals surface area (Å²) in [5, 5.41) is 3.00. The minimum Gasteiger partial charge on any atom is -0.497 e. The lowest BCUT2D eigenvalue weighted by Crippen LogP contribution is -2.30. The van der Waals surface area contributed by atoms with Gasteiger partial charge in [0.25, 0.3) is 5.91 Å². The first-order chi connectivity index (χ1) is 14.2. The molecule has 0 saturated carbocycles. The number of amides is 1. The molecular weight excluding hydrogens is 366 g/mol. The van der Waals surface area contributed by atoms with E-state index in [1.807, 2.05) is 47.0 Å². The number of nitrogens with zero attached hydrogens (tertiary/aromatic N) is 2. The van der Waals surface area contributed by atoms with Gasteiger partial charge in [0, 0.05) is 6.54 Å². The van der Waals surface area contributed by atoms with E-state index in [0.29, 0.717) is 25.4 Å². The van der Waals surface area contributed by atoms with Crippen molar-refractivity contribution in [2.75, 3.05) is 13.7 Å². The van der Waals surface area contributed by atoms with Crippen molar-refractivity contribution in [1.82, 2.24) is 14.9 Å². The molecule has 29 heavy (non-hydrogen) atoms. The predicted molar refractivity (Wildman–Crippen MR) is 110 cm³/mol. The summed E-state index contributed by atoms with van der Waals surface area (Å²) < 4.78 is 13.2. The van der Waals surface area contributed by atoms with Crippen molar-refractivity contribution >= 4 is 5.91 Å². The van der Waals surface area contributed by atoms with Crippen molar-refractivity contribution in [2.45, 2.75) is 32.1 Å². The molecule has 0 bridgehead atoms. The van der Waals surface area contributed by atoms with Crippen molar-refractivity contribution < 1.29 is 14.3 Å². The molecule has 6 heteroatoms. The summed E-state index contributed by atoms with van der Waals surface area (Å²) in [6.07, 6.45) is 1.65. The van der Waals surface area contributed by atoms with Crippen LogP contribution in [-0.4, -0.2) is 29.1 Å². The lowest BCUT2D eigenvalue weighted by Gasteiger charge is -2.25. The summed E-state index contributed by atoms with van der Waals surface area (Å²) in [7, 11) is 1.65. The Bertz CT molecular complexity index is 967. The van der Waals surface area contributed by atoms with Gasteiger partial charge in [0.2, 0.25) is 0 Å². The summed E-state index contributed by atoms with van der Waals surface area (Å²) in [5.74, 6) is 0.888. The number of aromatic nitrogens is 2. The van der Waals surface area contributed by atoms with Gasteiger partial charge in [-0.3, -0.25) is 4.79 Å². The zero-order valence-electron chi connectivity index (χ0n) is 16.7. The fourth-order valence-electron chi connectivity index (χ4n) is 3.57. The number of carbonyl (C=O) groups excluding carboxylic acids is 1. The number of carbonyl (C=O) groups is 1. The molecule has 1 aromatic heterocycles. The number of methoxy groups -OCH3 is 1. The van der Waals surface area contributed by atoms with E-state index < -0.39 is 0 Å². The maximum atomic E-state index is 12.7. The Morgan fingerprint density at radius 3 is 2.72 bits per heavy atom. The van der Waals surface area contributed by atoms with Crippen LogP contribution in [0, 0.1) is 0 Å². The highest BCUT2D eigenvalue weighted by atomic mass is 16.5. The van der Waals surface area contributed by atoms with Gasteiger partial charge < -0.3 is 19.4 Å². The number of fused-ring (bicyclic) bond motifs is 1. The number of imidazole rings is 1. The van der Waals surface area contributed by atoms with Gasteiger partial charge in [-0.25, -0.2) is 4.98 Å². The van der Waals surface area contributed by atoms with Gasteiger partial charge in [0.1, 0.15) is 11.9 Å². The third kappa shape index (κ3) is 4.17. The van der Waals surface area contributed by atoms with Crippen LogP contribution in [0.4, 0.5) is 0 Å². The van der Waals surface area contributed by atoms with Crippen molar-refractivity contribution in [3.8, 4) is 5.75 Å². The zero-order valence-corrected chi connectivity index (χ0v) is 16.7. The molecule has 0 spiro atoms. The third-order valence-corrected chi connectivity index (χ3v) is 5.37. The minimum atomic E-state index is -0.159. The molecule has 2 atom stereocenters. The van der Waals surface area contributed by atoms with Gasteiger partial charge in [-0.1, -0.05) is 49.4 Å². The second kappa shape index (κ2) is 8.49. The van der Waals surface area contributed by atoms with E-state index in [1.54, 1.807) is 13.4 Å². The number of rotatable bonds is 6. The Kier molecular flexibility index (Phi) is 5.62. The van der Waals surface area contributed by atoms with E-state index in [-0.39, 0.29) is 17.9 Å². The Labute approximate surface area is 170 Å². The zero-order chi connectivity index (χ0) is 20.2. The van der Waals surface area contributed by atoms with Crippen molar-refractivity contribution in [3.63, 3.8) is 0 Å². The largest absolute Gasteiger partial charge is 0.497 e. The Balaban J connectivity index is 1.40. The van der Waals surface area contributed by atoms with E-state index in [4.69, 9.17) is 9.47 Å². The van der Waals surface area contributed by atoms with Gasteiger partial charge >= 0.3 is 0 Å². The Morgan fingerprint density at radius 1 is 1.24 bits per heavy atom. The first-order valence-electron chi connectivity index (χ1n) is 9.78. The highest BCUT2D eigenvalue weighted by molar-refractivity contribution is 5.93. The molecule has 2 heterocycles. The van der Waals surface area contributed by atoms with Crippen molar-refractivity contribution in [3.05, 3.63) is 83.4 Å². The number of ether oxygens (including phenoxy) is 2. The number of hydrogen-bond donors (Lipinski definition) is 1. The molecule has 150 valence electrons. The molecular formula is C23H25N3O3. The summed E-state index contributed by atoms with van der Waals surface area (Å²) in [6.45, 7) is 3.64.